The van der Waals surface area contributed by atoms with Gasteiger partial charge in [0, 0.05) is 29.6 Å². The molecular formula is C22H24ClN3O4. The predicted molar refractivity (Wildman–Crippen MR) is 120 cm³/mol. The third-order valence-electron chi connectivity index (χ3n) is 4.53. The van der Waals surface area contributed by atoms with Crippen molar-refractivity contribution in [3.8, 4) is 11.5 Å². The number of benzene rings is 2. The van der Waals surface area contributed by atoms with Crippen molar-refractivity contribution in [1.82, 2.24) is 4.57 Å². The Morgan fingerprint density at radius 1 is 1.03 bits per heavy atom. The Hall–Kier alpha value is -3.19. The second-order valence-electron chi connectivity index (χ2n) is 7.21. The van der Waals surface area contributed by atoms with Crippen LogP contribution in [0.25, 0.3) is 10.8 Å². The summed E-state index contributed by atoms with van der Waals surface area (Å²) in [7, 11) is 2.98. The maximum atomic E-state index is 12.8. The van der Waals surface area contributed by atoms with Crippen LogP contribution in [0.3, 0.4) is 0 Å². The number of carbonyl (C=O) groups excluding carboxylic acids is 1. The van der Waals surface area contributed by atoms with Crippen LogP contribution in [0.1, 0.15) is 13.8 Å². The second-order valence-corrected chi connectivity index (χ2v) is 7.61. The van der Waals surface area contributed by atoms with E-state index in [-0.39, 0.29) is 11.5 Å². The molecule has 0 spiro atoms. The van der Waals surface area contributed by atoms with Crippen LogP contribution in [0.2, 0.25) is 5.02 Å². The molecule has 2 amide bonds. The van der Waals surface area contributed by atoms with Crippen LogP contribution in [-0.2, 0) is 6.54 Å². The fourth-order valence-electron chi connectivity index (χ4n) is 3.21. The van der Waals surface area contributed by atoms with E-state index in [9.17, 15) is 9.59 Å². The van der Waals surface area contributed by atoms with Gasteiger partial charge < -0.3 is 24.7 Å². The van der Waals surface area contributed by atoms with E-state index >= 15 is 0 Å². The quantitative estimate of drug-likeness (QED) is 0.579. The summed E-state index contributed by atoms with van der Waals surface area (Å²) in [5.74, 6) is 1.11. The molecule has 1 heterocycles. The molecule has 0 atom stereocenters. The number of nitrogens with zero attached hydrogens (tertiary/aromatic N) is 1. The second kappa shape index (κ2) is 9.09. The van der Waals surface area contributed by atoms with Crippen LogP contribution in [0.4, 0.5) is 16.2 Å². The molecule has 3 aromatic rings. The first kappa shape index (κ1) is 21.5. The summed E-state index contributed by atoms with van der Waals surface area (Å²) in [6, 6.07) is 9.84. The lowest BCUT2D eigenvalue weighted by Crippen LogP contribution is -2.25. The summed E-state index contributed by atoms with van der Waals surface area (Å²) in [5, 5.41) is 7.12. The van der Waals surface area contributed by atoms with Gasteiger partial charge in [0.1, 0.15) is 11.5 Å². The van der Waals surface area contributed by atoms with Crippen molar-refractivity contribution in [2.24, 2.45) is 5.92 Å². The number of ether oxygens (including phenoxy) is 2. The number of pyridine rings is 1. The average Bonchev–Trinajstić information content (AvgIpc) is 2.71. The highest BCUT2D eigenvalue weighted by atomic mass is 35.5. The fraction of sp³-hybridized carbons (Fsp3) is 0.273. The maximum absolute atomic E-state index is 12.8. The standard InChI is InChI=1S/C22H24ClN3O4/c1-13(2)11-26-12-18(14-7-5-6-8-15(14)21(26)27)25-22(28)24-17-9-16(23)19(29-3)10-20(17)30-4/h5-10,12-13H,11H2,1-4H3,(H2,24,25,28). The Labute approximate surface area is 179 Å². The van der Waals surface area contributed by atoms with E-state index in [0.717, 1.165) is 0 Å². The molecule has 0 radical (unpaired) electrons. The Kier molecular flexibility index (Phi) is 6.52. The van der Waals surface area contributed by atoms with E-state index in [2.05, 4.69) is 10.6 Å². The fourth-order valence-corrected chi connectivity index (χ4v) is 3.45. The number of amides is 2. The van der Waals surface area contributed by atoms with Gasteiger partial charge in [-0.25, -0.2) is 4.79 Å². The summed E-state index contributed by atoms with van der Waals surface area (Å²) in [4.78, 5) is 25.5. The highest BCUT2D eigenvalue weighted by molar-refractivity contribution is 6.32. The zero-order valence-electron chi connectivity index (χ0n) is 17.3. The van der Waals surface area contributed by atoms with Crippen LogP contribution >= 0.6 is 11.6 Å². The van der Waals surface area contributed by atoms with Crippen LogP contribution in [0, 0.1) is 5.92 Å². The molecule has 2 aromatic carbocycles. The van der Waals surface area contributed by atoms with Gasteiger partial charge in [-0.2, -0.15) is 0 Å². The summed E-state index contributed by atoms with van der Waals surface area (Å²) < 4.78 is 12.1. The molecule has 0 aliphatic heterocycles. The SMILES string of the molecule is COc1cc(OC)c(NC(=O)Nc2cn(CC(C)C)c(=O)c3ccccc23)cc1Cl. The van der Waals surface area contributed by atoms with Gasteiger partial charge in [-0.15, -0.1) is 0 Å². The molecule has 0 bridgehead atoms. The van der Waals surface area contributed by atoms with Crippen LogP contribution in [0.15, 0.2) is 47.4 Å². The molecular weight excluding hydrogens is 406 g/mol. The highest BCUT2D eigenvalue weighted by Crippen LogP contribution is 2.36. The maximum Gasteiger partial charge on any atom is 0.323 e. The van der Waals surface area contributed by atoms with Crippen LogP contribution < -0.4 is 25.7 Å². The molecule has 0 saturated heterocycles. The molecule has 8 heteroatoms. The van der Waals surface area contributed by atoms with Crippen molar-refractivity contribution < 1.29 is 14.3 Å². The number of carbonyl (C=O) groups is 1. The number of hydrogen-bond donors (Lipinski definition) is 2. The number of anilines is 2. The zero-order chi connectivity index (χ0) is 21.8. The van der Waals surface area contributed by atoms with E-state index in [0.29, 0.717) is 45.2 Å². The van der Waals surface area contributed by atoms with Gasteiger partial charge in [0.15, 0.2) is 0 Å². The van der Waals surface area contributed by atoms with Crippen molar-refractivity contribution in [3.05, 3.63) is 58.0 Å². The smallest absolute Gasteiger partial charge is 0.323 e. The molecule has 0 aliphatic rings. The highest BCUT2D eigenvalue weighted by Gasteiger charge is 2.15. The molecule has 2 N–H and O–H groups in total. The number of fused-ring (bicyclic) bond motifs is 1. The Morgan fingerprint density at radius 3 is 2.30 bits per heavy atom. The lowest BCUT2D eigenvalue weighted by atomic mass is 10.1. The minimum absolute atomic E-state index is 0.0890. The van der Waals surface area contributed by atoms with Crippen molar-refractivity contribution >= 4 is 39.8 Å². The molecule has 158 valence electrons. The van der Waals surface area contributed by atoms with Crippen LogP contribution in [-0.4, -0.2) is 24.8 Å². The summed E-state index contributed by atoms with van der Waals surface area (Å²) >= 11 is 6.18. The van der Waals surface area contributed by atoms with Gasteiger partial charge in [-0.1, -0.05) is 43.6 Å². The molecule has 7 nitrogen and oxygen atoms in total. The molecule has 0 fully saturated rings. The number of aromatic nitrogens is 1. The summed E-state index contributed by atoms with van der Waals surface area (Å²) in [5.41, 5.74) is 0.830. The molecule has 0 aliphatic carbocycles. The Balaban J connectivity index is 1.95. The van der Waals surface area contributed by atoms with Crippen molar-refractivity contribution in [2.45, 2.75) is 20.4 Å². The lowest BCUT2D eigenvalue weighted by molar-refractivity contribution is 0.262. The first-order valence-corrected chi connectivity index (χ1v) is 9.83. The molecule has 0 saturated carbocycles. The number of urea groups is 1. The van der Waals surface area contributed by atoms with E-state index < -0.39 is 6.03 Å². The van der Waals surface area contributed by atoms with Gasteiger partial charge in [0.25, 0.3) is 5.56 Å². The molecule has 0 unspecified atom stereocenters. The number of hydrogen-bond acceptors (Lipinski definition) is 4. The lowest BCUT2D eigenvalue weighted by Gasteiger charge is -2.16. The Morgan fingerprint density at radius 2 is 1.67 bits per heavy atom. The van der Waals surface area contributed by atoms with Gasteiger partial charge >= 0.3 is 6.03 Å². The van der Waals surface area contributed by atoms with Gasteiger partial charge in [-0.05, 0) is 18.1 Å². The first-order chi connectivity index (χ1) is 14.3. The van der Waals surface area contributed by atoms with E-state index in [1.54, 1.807) is 41.1 Å². The molecule has 3 rings (SSSR count). The number of nitrogens with one attached hydrogen (secondary N) is 2. The van der Waals surface area contributed by atoms with E-state index in [1.165, 1.54) is 14.2 Å². The monoisotopic (exact) mass is 429 g/mol. The predicted octanol–water partition coefficient (Wildman–Crippen LogP) is 4.97. The van der Waals surface area contributed by atoms with Crippen molar-refractivity contribution in [3.63, 3.8) is 0 Å². The first-order valence-electron chi connectivity index (χ1n) is 9.45. The van der Waals surface area contributed by atoms with E-state index in [4.69, 9.17) is 21.1 Å². The summed E-state index contributed by atoms with van der Waals surface area (Å²) in [6.45, 7) is 4.60. The third-order valence-corrected chi connectivity index (χ3v) is 4.82. The largest absolute Gasteiger partial charge is 0.495 e. The van der Waals surface area contributed by atoms with E-state index in [1.807, 2.05) is 19.9 Å². The normalized spacial score (nSPS) is 10.9. The van der Waals surface area contributed by atoms with Gasteiger partial charge in [0.2, 0.25) is 0 Å². The third kappa shape index (κ3) is 4.52. The minimum atomic E-state index is -0.491. The number of rotatable bonds is 6. The van der Waals surface area contributed by atoms with Crippen molar-refractivity contribution in [1.29, 1.82) is 0 Å². The Bertz CT molecular complexity index is 1140. The molecule has 30 heavy (non-hydrogen) atoms. The average molecular weight is 430 g/mol. The minimum Gasteiger partial charge on any atom is -0.495 e. The van der Waals surface area contributed by atoms with Crippen LogP contribution in [0.5, 0.6) is 11.5 Å². The number of halogens is 1. The number of methoxy groups -OCH3 is 2. The van der Waals surface area contributed by atoms with Gasteiger partial charge in [-0.3, -0.25) is 4.79 Å². The zero-order valence-corrected chi connectivity index (χ0v) is 18.0. The van der Waals surface area contributed by atoms with Crippen molar-refractivity contribution in [2.75, 3.05) is 24.9 Å². The summed E-state index contributed by atoms with van der Waals surface area (Å²) in [6.07, 6.45) is 1.67. The van der Waals surface area contributed by atoms with Gasteiger partial charge in [0.05, 0.1) is 30.6 Å². The molecule has 1 aromatic heterocycles. The topological polar surface area (TPSA) is 81.6 Å².